The smallest absolute Gasteiger partial charge is 0.217 e. The summed E-state index contributed by atoms with van der Waals surface area (Å²) in [4.78, 5) is 0. The number of ether oxygens (including phenoxy) is 4. The molecule has 1 aliphatic heterocycles. The third-order valence-electron chi connectivity index (χ3n) is 3.99. The molecule has 1 aliphatic rings. The number of nitrogens with one attached hydrogen (secondary N) is 1. The molecule has 0 saturated carbocycles. The molecule has 136 valence electrons. The van der Waals surface area contributed by atoms with Crippen molar-refractivity contribution in [2.75, 3.05) is 27.4 Å². The molecule has 1 saturated heterocycles. The third-order valence-corrected chi connectivity index (χ3v) is 5.95. The molecular weight excluding hydrogens is 334 g/mol. The van der Waals surface area contributed by atoms with Gasteiger partial charge < -0.3 is 18.9 Å². The molecule has 1 fully saturated rings. The molecule has 0 radical (unpaired) electrons. The molecule has 1 aromatic carbocycles. The van der Waals surface area contributed by atoms with Crippen LogP contribution in [0.5, 0.6) is 17.2 Å². The van der Waals surface area contributed by atoms with Crippen LogP contribution in [0.1, 0.15) is 25.8 Å². The fourth-order valence-corrected chi connectivity index (χ4v) is 4.30. The lowest BCUT2D eigenvalue weighted by Gasteiger charge is -2.18. The van der Waals surface area contributed by atoms with Crippen LogP contribution in [0.3, 0.4) is 0 Å². The Bertz CT molecular complexity index is 636. The van der Waals surface area contributed by atoms with Gasteiger partial charge in [0.05, 0.1) is 26.9 Å². The quantitative estimate of drug-likeness (QED) is 0.761. The predicted molar refractivity (Wildman–Crippen MR) is 90.3 cm³/mol. The Morgan fingerprint density at radius 1 is 1.25 bits per heavy atom. The molecule has 24 heavy (non-hydrogen) atoms. The van der Waals surface area contributed by atoms with Gasteiger partial charge in [0.1, 0.15) is 5.25 Å². The summed E-state index contributed by atoms with van der Waals surface area (Å²) in [6, 6.07) is 3.48. The summed E-state index contributed by atoms with van der Waals surface area (Å²) < 4.78 is 49.0. The second-order valence-electron chi connectivity index (χ2n) is 5.53. The lowest BCUT2D eigenvalue weighted by atomic mass is 10.2. The number of methoxy groups -OCH3 is 2. The Hall–Kier alpha value is -1.51. The van der Waals surface area contributed by atoms with Crippen molar-refractivity contribution in [1.82, 2.24) is 4.72 Å². The van der Waals surface area contributed by atoms with Crippen LogP contribution in [-0.2, 0) is 21.3 Å². The van der Waals surface area contributed by atoms with E-state index in [9.17, 15) is 8.42 Å². The Morgan fingerprint density at radius 2 is 1.88 bits per heavy atom. The first kappa shape index (κ1) is 18.8. The van der Waals surface area contributed by atoms with E-state index in [1.54, 1.807) is 19.1 Å². The SMILES string of the molecule is CCOc1c(OC)cc(CNS(=O)(=O)C2CCOC2C)cc1OC. The van der Waals surface area contributed by atoms with Gasteiger partial charge in [0.15, 0.2) is 11.5 Å². The summed E-state index contributed by atoms with van der Waals surface area (Å²) in [5.74, 6) is 1.51. The number of hydrogen-bond donors (Lipinski definition) is 1. The molecule has 2 atom stereocenters. The monoisotopic (exact) mass is 359 g/mol. The summed E-state index contributed by atoms with van der Waals surface area (Å²) >= 11 is 0. The van der Waals surface area contributed by atoms with Crippen molar-refractivity contribution in [2.45, 2.75) is 38.2 Å². The van der Waals surface area contributed by atoms with Crippen molar-refractivity contribution in [3.63, 3.8) is 0 Å². The lowest BCUT2D eigenvalue weighted by Crippen LogP contribution is -2.37. The second kappa shape index (κ2) is 8.04. The molecule has 0 spiro atoms. The maximum atomic E-state index is 12.4. The first-order valence-corrected chi connectivity index (χ1v) is 9.45. The molecule has 0 bridgehead atoms. The Kier molecular flexibility index (Phi) is 6.31. The predicted octanol–water partition coefficient (Wildman–Crippen LogP) is 1.70. The van der Waals surface area contributed by atoms with Gasteiger partial charge in [0.2, 0.25) is 15.8 Å². The van der Waals surface area contributed by atoms with Crippen molar-refractivity contribution >= 4 is 10.0 Å². The summed E-state index contributed by atoms with van der Waals surface area (Å²) in [5.41, 5.74) is 0.724. The van der Waals surface area contributed by atoms with Crippen LogP contribution in [0.25, 0.3) is 0 Å². The Labute approximate surface area is 143 Å². The largest absolute Gasteiger partial charge is 0.493 e. The minimum atomic E-state index is -3.45. The van der Waals surface area contributed by atoms with Crippen molar-refractivity contribution in [3.8, 4) is 17.2 Å². The maximum Gasteiger partial charge on any atom is 0.217 e. The zero-order valence-electron chi connectivity index (χ0n) is 14.5. The Morgan fingerprint density at radius 3 is 2.33 bits per heavy atom. The van der Waals surface area contributed by atoms with E-state index < -0.39 is 15.3 Å². The standard InChI is InChI=1S/C16H25NO6S/c1-5-22-16-13(20-3)8-12(9-14(16)21-4)10-17-24(18,19)15-6-7-23-11(15)2/h8-9,11,15,17H,5-7,10H2,1-4H3. The molecule has 8 heteroatoms. The molecule has 1 aromatic rings. The van der Waals surface area contributed by atoms with Crippen LogP contribution in [0.4, 0.5) is 0 Å². The van der Waals surface area contributed by atoms with Crippen molar-refractivity contribution in [1.29, 1.82) is 0 Å². The first-order chi connectivity index (χ1) is 11.4. The Balaban J connectivity index is 2.17. The first-order valence-electron chi connectivity index (χ1n) is 7.90. The van der Waals surface area contributed by atoms with Gasteiger partial charge in [-0.2, -0.15) is 0 Å². The van der Waals surface area contributed by atoms with Gasteiger partial charge in [-0.3, -0.25) is 0 Å². The van der Waals surface area contributed by atoms with E-state index in [1.807, 2.05) is 6.92 Å². The number of hydrogen-bond acceptors (Lipinski definition) is 6. The van der Waals surface area contributed by atoms with Gasteiger partial charge in [-0.1, -0.05) is 0 Å². The highest BCUT2D eigenvalue weighted by Gasteiger charge is 2.35. The summed E-state index contributed by atoms with van der Waals surface area (Å²) in [6.07, 6.45) is 0.207. The van der Waals surface area contributed by atoms with Gasteiger partial charge in [0, 0.05) is 13.2 Å². The van der Waals surface area contributed by atoms with E-state index in [2.05, 4.69) is 4.72 Å². The van der Waals surface area contributed by atoms with E-state index in [1.165, 1.54) is 14.2 Å². The molecule has 7 nitrogen and oxygen atoms in total. The zero-order chi connectivity index (χ0) is 17.7. The van der Waals surface area contributed by atoms with E-state index >= 15 is 0 Å². The lowest BCUT2D eigenvalue weighted by molar-refractivity contribution is 0.126. The zero-order valence-corrected chi connectivity index (χ0v) is 15.3. The number of benzene rings is 1. The number of sulfonamides is 1. The van der Waals surface area contributed by atoms with Gasteiger partial charge in [-0.05, 0) is 38.0 Å². The van der Waals surface area contributed by atoms with Crippen LogP contribution >= 0.6 is 0 Å². The summed E-state index contributed by atoms with van der Waals surface area (Å²) in [5, 5.41) is -0.524. The summed E-state index contributed by atoms with van der Waals surface area (Å²) in [7, 11) is -0.394. The van der Waals surface area contributed by atoms with Gasteiger partial charge in [0.25, 0.3) is 0 Å². The van der Waals surface area contributed by atoms with Crippen LogP contribution in [0, 0.1) is 0 Å². The van der Waals surface area contributed by atoms with Crippen LogP contribution < -0.4 is 18.9 Å². The highest BCUT2D eigenvalue weighted by Crippen LogP contribution is 2.38. The van der Waals surface area contributed by atoms with E-state index in [0.29, 0.717) is 36.9 Å². The summed E-state index contributed by atoms with van der Waals surface area (Å²) in [6.45, 7) is 4.73. The fourth-order valence-electron chi connectivity index (χ4n) is 2.73. The third kappa shape index (κ3) is 4.12. The molecule has 2 rings (SSSR count). The average Bonchev–Trinajstić information content (AvgIpc) is 3.00. The van der Waals surface area contributed by atoms with Crippen molar-refractivity contribution in [3.05, 3.63) is 17.7 Å². The maximum absolute atomic E-state index is 12.4. The molecule has 0 aliphatic carbocycles. The molecule has 0 aromatic heterocycles. The van der Waals surface area contributed by atoms with E-state index in [4.69, 9.17) is 18.9 Å². The normalized spacial score (nSPS) is 20.8. The highest BCUT2D eigenvalue weighted by atomic mass is 32.2. The number of rotatable bonds is 8. The molecule has 2 unspecified atom stereocenters. The van der Waals surface area contributed by atoms with E-state index in [0.717, 1.165) is 5.56 Å². The minimum absolute atomic E-state index is 0.144. The van der Waals surface area contributed by atoms with Gasteiger partial charge in [-0.15, -0.1) is 0 Å². The topological polar surface area (TPSA) is 83.1 Å². The van der Waals surface area contributed by atoms with E-state index in [-0.39, 0.29) is 12.6 Å². The van der Waals surface area contributed by atoms with Crippen LogP contribution in [-0.4, -0.2) is 47.2 Å². The molecule has 1 heterocycles. The van der Waals surface area contributed by atoms with Crippen molar-refractivity contribution < 1.29 is 27.4 Å². The van der Waals surface area contributed by atoms with Gasteiger partial charge >= 0.3 is 0 Å². The minimum Gasteiger partial charge on any atom is -0.493 e. The van der Waals surface area contributed by atoms with Crippen molar-refractivity contribution in [2.24, 2.45) is 0 Å². The average molecular weight is 359 g/mol. The molecule has 1 N–H and O–H groups in total. The van der Waals surface area contributed by atoms with Gasteiger partial charge in [-0.25, -0.2) is 13.1 Å². The van der Waals surface area contributed by atoms with Crippen LogP contribution in [0.15, 0.2) is 12.1 Å². The molecule has 0 amide bonds. The fraction of sp³-hybridized carbons (Fsp3) is 0.625. The highest BCUT2D eigenvalue weighted by molar-refractivity contribution is 7.90. The second-order valence-corrected chi connectivity index (χ2v) is 7.52. The van der Waals surface area contributed by atoms with Crippen LogP contribution in [0.2, 0.25) is 0 Å². The molecular formula is C16H25NO6S.